The Balaban J connectivity index is 0.00000256. The van der Waals surface area contributed by atoms with E-state index < -0.39 is 10.8 Å². The molecule has 5 nitrogen and oxygen atoms in total. The highest BCUT2D eigenvalue weighted by Crippen LogP contribution is 2.48. The Hall–Kier alpha value is -0.990. The van der Waals surface area contributed by atoms with Gasteiger partial charge in [-0.25, -0.2) is 4.31 Å². The van der Waals surface area contributed by atoms with Crippen molar-refractivity contribution in [1.29, 1.82) is 0 Å². The number of benzene rings is 2. The summed E-state index contributed by atoms with van der Waals surface area (Å²) in [6.45, 7) is 1.66. The molecule has 2 atom stereocenters. The molecule has 1 fully saturated rings. The van der Waals surface area contributed by atoms with E-state index in [2.05, 4.69) is 18.2 Å². The number of fused-ring (bicyclic) bond motifs is 1. The molecule has 0 bridgehead atoms. The van der Waals surface area contributed by atoms with Gasteiger partial charge in [0.2, 0.25) is 0 Å². The molecule has 1 aliphatic carbocycles. The second kappa shape index (κ2) is 10.1. The molecule has 2 aromatic carbocycles. The normalized spacial score (nSPS) is 24.0. The van der Waals surface area contributed by atoms with Gasteiger partial charge in [-0.3, -0.25) is 9.11 Å². The topological polar surface area (TPSA) is 79.0 Å². The first kappa shape index (κ1) is 23.7. The van der Waals surface area contributed by atoms with E-state index in [1.807, 2.05) is 24.3 Å². The summed E-state index contributed by atoms with van der Waals surface area (Å²) in [5.41, 5.74) is 10.3. The van der Waals surface area contributed by atoms with Gasteiger partial charge in [0, 0.05) is 23.5 Å². The number of rotatable bonds is 6. The standard InChI is InChI=1S/C22H29ClN2O3S.ClH/c23-18-4-1-3-16(13-18)14-21-20-15-19(7-5-17(20)6-8-22(21)24)28-11-10-25-9-2-12-29(25,26)27;/h1,3-5,7,13,15,21-22,26-27H,2,6,8-12,14,24H2;1H. The van der Waals surface area contributed by atoms with Gasteiger partial charge < -0.3 is 10.5 Å². The molecule has 4 rings (SSSR count). The van der Waals surface area contributed by atoms with Crippen LogP contribution in [0.3, 0.4) is 0 Å². The first-order chi connectivity index (χ1) is 13.9. The number of nitrogens with two attached hydrogens (primary N) is 1. The number of ether oxygens (including phenoxy) is 1. The number of nitrogens with zero attached hydrogens (tertiary/aromatic N) is 1. The molecule has 0 aromatic heterocycles. The largest absolute Gasteiger partial charge is 0.492 e. The van der Waals surface area contributed by atoms with Gasteiger partial charge in [0.1, 0.15) is 12.4 Å². The van der Waals surface area contributed by atoms with E-state index in [4.69, 9.17) is 22.1 Å². The third-order valence-corrected chi connectivity index (χ3v) is 8.24. The van der Waals surface area contributed by atoms with E-state index in [1.165, 1.54) is 16.7 Å². The van der Waals surface area contributed by atoms with E-state index >= 15 is 0 Å². The van der Waals surface area contributed by atoms with Crippen molar-refractivity contribution in [2.45, 2.75) is 37.6 Å². The fourth-order valence-electron chi connectivity index (χ4n) is 4.40. The van der Waals surface area contributed by atoms with E-state index in [0.29, 0.717) is 25.4 Å². The maximum absolute atomic E-state index is 10.0. The van der Waals surface area contributed by atoms with Crippen molar-refractivity contribution in [3.8, 4) is 5.75 Å². The van der Waals surface area contributed by atoms with Gasteiger partial charge in [0.25, 0.3) is 0 Å². The van der Waals surface area contributed by atoms with Gasteiger partial charge in [-0.15, -0.1) is 23.2 Å². The molecule has 0 radical (unpaired) electrons. The second-order valence-electron chi connectivity index (χ2n) is 7.97. The maximum atomic E-state index is 10.0. The van der Waals surface area contributed by atoms with Crippen LogP contribution in [0.25, 0.3) is 0 Å². The fraction of sp³-hybridized carbons (Fsp3) is 0.455. The molecular formula is C22H30Cl2N2O3S. The van der Waals surface area contributed by atoms with Crippen LogP contribution < -0.4 is 10.5 Å². The van der Waals surface area contributed by atoms with Crippen molar-refractivity contribution in [2.75, 3.05) is 25.4 Å². The molecule has 0 amide bonds. The second-order valence-corrected chi connectivity index (χ2v) is 10.6. The number of hydrogen-bond donors (Lipinski definition) is 3. The van der Waals surface area contributed by atoms with E-state index in [-0.39, 0.29) is 24.4 Å². The van der Waals surface area contributed by atoms with Crippen LogP contribution in [0.15, 0.2) is 42.5 Å². The quantitative estimate of drug-likeness (QED) is 0.543. The molecule has 1 saturated heterocycles. The Labute approximate surface area is 191 Å². The average Bonchev–Trinajstić information content (AvgIpc) is 3.02. The summed E-state index contributed by atoms with van der Waals surface area (Å²) in [4.78, 5) is 0. The Kier molecular flexibility index (Phi) is 7.96. The predicted molar refractivity (Wildman–Crippen MR) is 127 cm³/mol. The number of halogens is 2. The van der Waals surface area contributed by atoms with Crippen LogP contribution in [0.4, 0.5) is 0 Å². The molecule has 30 heavy (non-hydrogen) atoms. The zero-order valence-electron chi connectivity index (χ0n) is 16.9. The third-order valence-electron chi connectivity index (χ3n) is 5.97. The van der Waals surface area contributed by atoms with E-state index in [9.17, 15) is 9.11 Å². The number of aryl methyl sites for hydroxylation is 1. The van der Waals surface area contributed by atoms with Gasteiger partial charge in [0.15, 0.2) is 0 Å². The van der Waals surface area contributed by atoms with Crippen molar-refractivity contribution in [3.63, 3.8) is 0 Å². The SMILES string of the molecule is Cl.NC1CCc2ccc(OCCN3CCCS3(O)O)cc2C1Cc1cccc(Cl)c1. The molecule has 0 spiro atoms. The average molecular weight is 473 g/mol. The van der Waals surface area contributed by atoms with Crippen molar-refractivity contribution < 1.29 is 13.8 Å². The van der Waals surface area contributed by atoms with Crippen LogP contribution in [0, 0.1) is 0 Å². The van der Waals surface area contributed by atoms with Crippen molar-refractivity contribution >= 4 is 34.8 Å². The molecule has 1 aliphatic heterocycles. The molecule has 1 heterocycles. The lowest BCUT2D eigenvalue weighted by molar-refractivity contribution is 0.268. The van der Waals surface area contributed by atoms with Gasteiger partial charge in [-0.1, -0.05) is 29.8 Å². The van der Waals surface area contributed by atoms with Crippen molar-refractivity contribution in [2.24, 2.45) is 5.73 Å². The smallest absolute Gasteiger partial charge is 0.119 e. The highest BCUT2D eigenvalue weighted by molar-refractivity contribution is 8.22. The lowest BCUT2D eigenvalue weighted by atomic mass is 9.76. The molecule has 2 unspecified atom stereocenters. The molecule has 8 heteroatoms. The zero-order chi connectivity index (χ0) is 20.4. The predicted octanol–water partition coefficient (Wildman–Crippen LogP) is 5.11. The third kappa shape index (κ3) is 5.43. The van der Waals surface area contributed by atoms with E-state index in [0.717, 1.165) is 36.5 Å². The Morgan fingerprint density at radius 2 is 2.03 bits per heavy atom. The van der Waals surface area contributed by atoms with Gasteiger partial charge in [0.05, 0.1) is 12.3 Å². The van der Waals surface area contributed by atoms with Gasteiger partial charge >= 0.3 is 0 Å². The van der Waals surface area contributed by atoms with Gasteiger partial charge in [-0.2, -0.15) is 0 Å². The summed E-state index contributed by atoms with van der Waals surface area (Å²) in [5.74, 6) is 1.51. The summed E-state index contributed by atoms with van der Waals surface area (Å²) in [7, 11) is -2.58. The highest BCUT2D eigenvalue weighted by Gasteiger charge is 2.29. The highest BCUT2D eigenvalue weighted by atomic mass is 35.5. The molecule has 4 N–H and O–H groups in total. The lowest BCUT2D eigenvalue weighted by Crippen LogP contribution is -2.34. The van der Waals surface area contributed by atoms with E-state index in [1.54, 1.807) is 4.31 Å². The van der Waals surface area contributed by atoms with Crippen LogP contribution in [0.2, 0.25) is 5.02 Å². The lowest BCUT2D eigenvalue weighted by Gasteiger charge is -2.36. The van der Waals surface area contributed by atoms with Crippen molar-refractivity contribution in [3.05, 3.63) is 64.2 Å². The molecule has 2 aliphatic rings. The van der Waals surface area contributed by atoms with Crippen LogP contribution in [-0.2, 0) is 12.8 Å². The minimum atomic E-state index is -2.58. The molecule has 166 valence electrons. The summed E-state index contributed by atoms with van der Waals surface area (Å²) in [5, 5.41) is 0.747. The van der Waals surface area contributed by atoms with Crippen LogP contribution in [0.1, 0.15) is 35.4 Å². The number of hydrogen-bond acceptors (Lipinski definition) is 5. The Bertz CT molecular complexity index is 868. The first-order valence-corrected chi connectivity index (χ1v) is 12.2. The Morgan fingerprint density at radius 3 is 2.77 bits per heavy atom. The molecule has 0 saturated carbocycles. The van der Waals surface area contributed by atoms with Crippen LogP contribution in [0.5, 0.6) is 5.75 Å². The van der Waals surface area contributed by atoms with Crippen LogP contribution in [-0.4, -0.2) is 44.9 Å². The molecular weight excluding hydrogens is 443 g/mol. The minimum Gasteiger partial charge on any atom is -0.492 e. The fourth-order valence-corrected chi connectivity index (χ4v) is 6.18. The maximum Gasteiger partial charge on any atom is 0.119 e. The summed E-state index contributed by atoms with van der Waals surface area (Å²) in [6, 6.07) is 14.4. The summed E-state index contributed by atoms with van der Waals surface area (Å²) in [6.07, 6.45) is 3.64. The molecule has 2 aromatic rings. The van der Waals surface area contributed by atoms with Gasteiger partial charge in [-0.05, 0) is 66.6 Å². The van der Waals surface area contributed by atoms with Crippen molar-refractivity contribution in [1.82, 2.24) is 4.31 Å². The summed E-state index contributed by atoms with van der Waals surface area (Å²) >= 11 is 6.17. The summed E-state index contributed by atoms with van der Waals surface area (Å²) < 4.78 is 27.7. The minimum absolute atomic E-state index is 0. The Morgan fingerprint density at radius 1 is 1.20 bits per heavy atom. The van der Waals surface area contributed by atoms with Crippen LogP contribution >= 0.6 is 34.8 Å². The monoisotopic (exact) mass is 472 g/mol. The zero-order valence-corrected chi connectivity index (χ0v) is 19.3. The first-order valence-electron chi connectivity index (χ1n) is 10.2.